The fraction of sp³-hybridized carbons (Fsp3) is 0.440. The van der Waals surface area contributed by atoms with E-state index in [1.807, 2.05) is 62.0 Å². The Bertz CT molecular complexity index is 1310. The molecule has 1 unspecified atom stereocenters. The molecule has 0 spiro atoms. The van der Waals surface area contributed by atoms with Crippen molar-refractivity contribution in [2.75, 3.05) is 6.61 Å². The van der Waals surface area contributed by atoms with Gasteiger partial charge in [-0.15, -0.1) is 11.3 Å². The molecule has 180 valence electrons. The molecule has 0 fully saturated rings. The van der Waals surface area contributed by atoms with Crippen LogP contribution in [0.1, 0.15) is 48.0 Å². The summed E-state index contributed by atoms with van der Waals surface area (Å²) in [5.41, 5.74) is 4.15. The number of fused-ring (bicyclic) bond motifs is 2. The third kappa shape index (κ3) is 5.30. The number of nitrogens with zero attached hydrogens (tertiary/aromatic N) is 4. The molecular weight excluding hydrogens is 450 g/mol. The summed E-state index contributed by atoms with van der Waals surface area (Å²) in [6.07, 6.45) is 3.80. The molecule has 4 rings (SSSR count). The third-order valence-electron chi connectivity index (χ3n) is 5.22. The van der Waals surface area contributed by atoms with E-state index in [0.29, 0.717) is 11.7 Å². The molecule has 1 aromatic carbocycles. The molecule has 0 bridgehead atoms. The first-order valence-electron chi connectivity index (χ1n) is 11.3. The Morgan fingerprint density at radius 2 is 1.91 bits per heavy atom. The van der Waals surface area contributed by atoms with Gasteiger partial charge in [0, 0.05) is 17.8 Å². The van der Waals surface area contributed by atoms with E-state index in [1.165, 1.54) is 0 Å². The van der Waals surface area contributed by atoms with Gasteiger partial charge in [-0.25, -0.2) is 19.3 Å². The lowest BCUT2D eigenvalue weighted by atomic mass is 9.91. The zero-order valence-electron chi connectivity index (χ0n) is 20.5. The lowest BCUT2D eigenvalue weighted by molar-refractivity contribution is 0.0408. The topological polar surface area (TPSA) is 90.6 Å². The molecule has 0 radical (unpaired) electrons. The van der Waals surface area contributed by atoms with Gasteiger partial charge in [-0.2, -0.15) is 5.10 Å². The Morgan fingerprint density at radius 3 is 2.65 bits per heavy atom. The van der Waals surface area contributed by atoms with Gasteiger partial charge < -0.3 is 14.8 Å². The van der Waals surface area contributed by atoms with Crippen molar-refractivity contribution < 1.29 is 14.3 Å². The number of benzene rings is 1. The van der Waals surface area contributed by atoms with Gasteiger partial charge in [0.15, 0.2) is 5.65 Å². The predicted molar refractivity (Wildman–Crippen MR) is 134 cm³/mol. The number of thiazole rings is 1. The molecule has 4 aromatic rings. The summed E-state index contributed by atoms with van der Waals surface area (Å²) < 4.78 is 14.6. The van der Waals surface area contributed by atoms with Crippen LogP contribution in [0.5, 0.6) is 5.75 Å². The molecular formula is C25H31N5O3S. The van der Waals surface area contributed by atoms with Crippen LogP contribution in [-0.4, -0.2) is 43.4 Å². The van der Waals surface area contributed by atoms with Gasteiger partial charge >= 0.3 is 6.09 Å². The number of ether oxygens (including phenoxy) is 2. The van der Waals surface area contributed by atoms with Gasteiger partial charge in [-0.05, 0) is 58.2 Å². The lowest BCUT2D eigenvalue weighted by Gasteiger charge is -2.33. The van der Waals surface area contributed by atoms with Crippen LogP contribution in [0.25, 0.3) is 27.1 Å². The van der Waals surface area contributed by atoms with E-state index in [0.717, 1.165) is 33.5 Å². The molecule has 34 heavy (non-hydrogen) atoms. The van der Waals surface area contributed by atoms with Crippen molar-refractivity contribution in [3.63, 3.8) is 0 Å². The smallest absolute Gasteiger partial charge is 0.408 e. The van der Waals surface area contributed by atoms with Crippen molar-refractivity contribution in [3.8, 4) is 17.0 Å². The van der Waals surface area contributed by atoms with Crippen LogP contribution in [0.2, 0.25) is 0 Å². The molecule has 0 saturated heterocycles. The van der Waals surface area contributed by atoms with E-state index >= 15 is 0 Å². The second-order valence-corrected chi connectivity index (χ2v) is 11.0. The number of amides is 1. The summed E-state index contributed by atoms with van der Waals surface area (Å²) in [6.45, 7) is 12.1. The quantitative estimate of drug-likeness (QED) is 0.363. The Kier molecular flexibility index (Phi) is 6.49. The molecule has 9 heteroatoms. The average Bonchev–Trinajstić information content (AvgIpc) is 3.39. The number of nitrogens with one attached hydrogen (secondary N) is 1. The van der Waals surface area contributed by atoms with Gasteiger partial charge in [0.2, 0.25) is 0 Å². The number of alkyl carbamates (subject to hydrolysis) is 1. The van der Waals surface area contributed by atoms with Crippen molar-refractivity contribution in [2.24, 2.45) is 5.92 Å². The molecule has 8 nitrogen and oxygen atoms in total. The lowest BCUT2D eigenvalue weighted by Crippen LogP contribution is -2.52. The number of hydrogen-bond donors (Lipinski definition) is 1. The van der Waals surface area contributed by atoms with E-state index in [9.17, 15) is 4.79 Å². The number of rotatable bonds is 7. The Labute approximate surface area is 203 Å². The summed E-state index contributed by atoms with van der Waals surface area (Å²) in [5.74, 6) is 1.03. The van der Waals surface area contributed by atoms with Gasteiger partial charge in [-0.1, -0.05) is 13.8 Å². The van der Waals surface area contributed by atoms with Gasteiger partial charge in [0.1, 0.15) is 23.5 Å². The van der Waals surface area contributed by atoms with Crippen LogP contribution in [0.15, 0.2) is 42.2 Å². The first-order valence-corrected chi connectivity index (χ1v) is 12.2. The van der Waals surface area contributed by atoms with E-state index < -0.39 is 17.2 Å². The third-order valence-corrected chi connectivity index (χ3v) is 6.08. The maximum atomic E-state index is 12.5. The number of aromatic nitrogens is 4. The summed E-state index contributed by atoms with van der Waals surface area (Å²) >= 11 is 1.55. The largest absolute Gasteiger partial charge is 0.489 e. The Balaban J connectivity index is 1.60. The van der Waals surface area contributed by atoms with Gasteiger partial charge in [-0.3, -0.25) is 0 Å². The second kappa shape index (κ2) is 9.21. The Morgan fingerprint density at radius 1 is 1.12 bits per heavy atom. The van der Waals surface area contributed by atoms with Crippen LogP contribution >= 0.6 is 11.3 Å². The molecule has 0 aliphatic rings. The van der Waals surface area contributed by atoms with Crippen molar-refractivity contribution in [3.05, 3.63) is 42.2 Å². The normalized spacial score (nSPS) is 13.9. The SMILES string of the molecule is CC(C)CC(C)(COc1ccc(-c2ccnc3ccnn23)c2scnc12)NC(=O)OC(C)(C)C. The maximum absolute atomic E-state index is 12.5. The summed E-state index contributed by atoms with van der Waals surface area (Å²) in [5, 5.41) is 7.44. The van der Waals surface area contributed by atoms with Crippen LogP contribution in [0, 0.1) is 5.92 Å². The zero-order chi connectivity index (χ0) is 24.5. The van der Waals surface area contributed by atoms with E-state index in [4.69, 9.17) is 9.47 Å². The minimum atomic E-state index is -0.607. The van der Waals surface area contributed by atoms with Crippen LogP contribution in [0.4, 0.5) is 4.79 Å². The molecule has 3 aromatic heterocycles. The minimum Gasteiger partial charge on any atom is -0.489 e. The minimum absolute atomic E-state index is 0.287. The zero-order valence-corrected chi connectivity index (χ0v) is 21.3. The molecule has 1 atom stereocenters. The fourth-order valence-electron chi connectivity index (χ4n) is 4.12. The number of hydrogen-bond acceptors (Lipinski definition) is 7. The van der Waals surface area contributed by atoms with Crippen LogP contribution < -0.4 is 10.1 Å². The molecule has 1 amide bonds. The maximum Gasteiger partial charge on any atom is 0.408 e. The average molecular weight is 482 g/mol. The second-order valence-electron chi connectivity index (χ2n) is 10.1. The summed E-state index contributed by atoms with van der Waals surface area (Å²) in [4.78, 5) is 21.4. The first kappa shape index (κ1) is 23.9. The standard InChI is InChI=1S/C25H31N5O3S/c1-16(2)13-25(6,29-23(31)33-24(3,4)5)14-32-19-8-7-17(22-21(19)27-15-34-22)18-9-11-26-20-10-12-28-30(18)20/h7-12,15-16H,13-14H2,1-6H3,(H,29,31). The number of carbonyl (C=O) groups is 1. The molecule has 1 N–H and O–H groups in total. The first-order chi connectivity index (χ1) is 16.0. The fourth-order valence-corrected chi connectivity index (χ4v) is 4.95. The van der Waals surface area contributed by atoms with Crippen molar-refractivity contribution in [1.82, 2.24) is 24.9 Å². The van der Waals surface area contributed by atoms with Crippen molar-refractivity contribution in [2.45, 2.75) is 59.1 Å². The van der Waals surface area contributed by atoms with Gasteiger partial charge in [0.05, 0.1) is 27.6 Å². The van der Waals surface area contributed by atoms with Crippen LogP contribution in [0.3, 0.4) is 0 Å². The highest BCUT2D eigenvalue weighted by Crippen LogP contribution is 2.36. The summed E-state index contributed by atoms with van der Waals surface area (Å²) in [6, 6.07) is 7.77. The molecule has 3 heterocycles. The number of carbonyl (C=O) groups excluding carboxylic acids is 1. The van der Waals surface area contributed by atoms with Crippen molar-refractivity contribution >= 4 is 33.3 Å². The predicted octanol–water partition coefficient (Wildman–Crippen LogP) is 5.71. The van der Waals surface area contributed by atoms with E-state index in [1.54, 1.807) is 23.7 Å². The Hall–Kier alpha value is -3.20. The highest BCUT2D eigenvalue weighted by molar-refractivity contribution is 7.17. The van der Waals surface area contributed by atoms with Crippen molar-refractivity contribution in [1.29, 1.82) is 0 Å². The van der Waals surface area contributed by atoms with E-state index in [-0.39, 0.29) is 6.61 Å². The molecule has 0 aliphatic carbocycles. The molecule has 0 aliphatic heterocycles. The summed E-state index contributed by atoms with van der Waals surface area (Å²) in [7, 11) is 0. The monoisotopic (exact) mass is 481 g/mol. The van der Waals surface area contributed by atoms with Gasteiger partial charge in [0.25, 0.3) is 0 Å². The van der Waals surface area contributed by atoms with Crippen LogP contribution in [-0.2, 0) is 4.74 Å². The molecule has 0 saturated carbocycles. The highest BCUT2D eigenvalue weighted by Gasteiger charge is 2.31. The highest BCUT2D eigenvalue weighted by atomic mass is 32.1. The van der Waals surface area contributed by atoms with E-state index in [2.05, 4.69) is 34.2 Å².